The Labute approximate surface area is 143 Å². The Balaban J connectivity index is 2.39. The molecule has 1 rings (SSSR count). The van der Waals surface area contributed by atoms with Crippen LogP contribution in [0.5, 0.6) is 5.75 Å². The molecule has 0 heterocycles. The number of nitrogens with one attached hydrogen (secondary N) is 2. The summed E-state index contributed by atoms with van der Waals surface area (Å²) in [7, 11) is 0. The summed E-state index contributed by atoms with van der Waals surface area (Å²) in [6, 6.07) is 6.82. The molecule has 0 spiro atoms. The normalized spacial score (nSPS) is 12.4. The maximum Gasteiger partial charge on any atom is 0.258 e. The third kappa shape index (κ3) is 7.97. The highest BCUT2D eigenvalue weighted by atomic mass is 16.5. The van der Waals surface area contributed by atoms with Crippen LogP contribution in [0.15, 0.2) is 24.3 Å². The van der Waals surface area contributed by atoms with Gasteiger partial charge in [0.15, 0.2) is 6.61 Å². The van der Waals surface area contributed by atoms with Crippen molar-refractivity contribution in [2.45, 2.75) is 52.2 Å². The van der Waals surface area contributed by atoms with Gasteiger partial charge in [-0.25, -0.2) is 0 Å². The van der Waals surface area contributed by atoms with Gasteiger partial charge in [-0.2, -0.15) is 0 Å². The van der Waals surface area contributed by atoms with E-state index in [9.17, 15) is 14.7 Å². The van der Waals surface area contributed by atoms with Crippen LogP contribution in [0.2, 0.25) is 0 Å². The zero-order valence-corrected chi connectivity index (χ0v) is 14.9. The second-order valence-corrected chi connectivity index (χ2v) is 6.43. The Morgan fingerprint density at radius 2 is 1.88 bits per heavy atom. The van der Waals surface area contributed by atoms with Crippen LogP contribution in [0.25, 0.3) is 0 Å². The van der Waals surface area contributed by atoms with Gasteiger partial charge < -0.3 is 20.5 Å². The van der Waals surface area contributed by atoms with Crippen molar-refractivity contribution in [2.24, 2.45) is 0 Å². The monoisotopic (exact) mass is 336 g/mol. The summed E-state index contributed by atoms with van der Waals surface area (Å²) < 4.78 is 5.42. The smallest absolute Gasteiger partial charge is 0.258 e. The molecule has 134 valence electrons. The van der Waals surface area contributed by atoms with Crippen molar-refractivity contribution in [1.82, 2.24) is 10.6 Å². The van der Waals surface area contributed by atoms with Gasteiger partial charge in [0.2, 0.25) is 5.91 Å². The van der Waals surface area contributed by atoms with E-state index in [0.717, 1.165) is 12.0 Å². The van der Waals surface area contributed by atoms with Crippen LogP contribution >= 0.6 is 0 Å². The first kappa shape index (κ1) is 20.0. The standard InChI is InChI=1S/C18H28N2O4/c1-5-19-17(22)13(2)20-16(21)12-24-15-8-6-14(7-9-15)10-11-18(3,4)23/h6-9,13,23H,5,10-12H2,1-4H3,(H,19,22)(H,20,21). The molecule has 1 atom stereocenters. The fourth-order valence-corrected chi connectivity index (χ4v) is 2.03. The second-order valence-electron chi connectivity index (χ2n) is 6.43. The van der Waals surface area contributed by atoms with Gasteiger partial charge in [-0.3, -0.25) is 9.59 Å². The Morgan fingerprint density at radius 1 is 1.25 bits per heavy atom. The largest absolute Gasteiger partial charge is 0.484 e. The van der Waals surface area contributed by atoms with E-state index in [1.54, 1.807) is 32.9 Å². The molecule has 6 nitrogen and oxygen atoms in total. The van der Waals surface area contributed by atoms with Crippen molar-refractivity contribution < 1.29 is 19.4 Å². The maximum absolute atomic E-state index is 11.8. The fourth-order valence-electron chi connectivity index (χ4n) is 2.03. The molecule has 2 amide bonds. The quantitative estimate of drug-likeness (QED) is 0.636. The number of amides is 2. The van der Waals surface area contributed by atoms with Crippen LogP contribution in [0.4, 0.5) is 0 Å². The molecule has 0 saturated carbocycles. The number of likely N-dealkylation sites (N-methyl/N-ethyl adjacent to an activating group) is 1. The lowest BCUT2D eigenvalue weighted by atomic mass is 9.99. The van der Waals surface area contributed by atoms with Crippen molar-refractivity contribution in [1.29, 1.82) is 0 Å². The summed E-state index contributed by atoms with van der Waals surface area (Å²) in [4.78, 5) is 23.3. The Bertz CT molecular complexity index is 535. The van der Waals surface area contributed by atoms with Gasteiger partial charge in [-0.15, -0.1) is 0 Å². The van der Waals surface area contributed by atoms with E-state index in [1.165, 1.54) is 0 Å². The molecular formula is C18H28N2O4. The van der Waals surface area contributed by atoms with Crippen LogP contribution in [-0.4, -0.2) is 41.7 Å². The van der Waals surface area contributed by atoms with Crippen LogP contribution in [0, 0.1) is 0 Å². The zero-order chi connectivity index (χ0) is 18.2. The summed E-state index contributed by atoms with van der Waals surface area (Å²) in [5.41, 5.74) is 0.410. The van der Waals surface area contributed by atoms with E-state index in [4.69, 9.17) is 4.74 Å². The van der Waals surface area contributed by atoms with E-state index < -0.39 is 11.6 Å². The molecule has 0 fully saturated rings. The van der Waals surface area contributed by atoms with Gasteiger partial charge in [0, 0.05) is 6.54 Å². The Hall–Kier alpha value is -2.08. The topological polar surface area (TPSA) is 87.7 Å². The molecule has 6 heteroatoms. The minimum absolute atomic E-state index is 0.146. The first-order valence-corrected chi connectivity index (χ1v) is 8.22. The molecule has 3 N–H and O–H groups in total. The lowest BCUT2D eigenvalue weighted by molar-refractivity contribution is -0.129. The highest BCUT2D eigenvalue weighted by molar-refractivity contribution is 5.87. The van der Waals surface area contributed by atoms with E-state index in [0.29, 0.717) is 18.7 Å². The zero-order valence-electron chi connectivity index (χ0n) is 14.9. The number of aryl methyl sites for hydroxylation is 1. The molecule has 1 aromatic carbocycles. The number of hydrogen-bond acceptors (Lipinski definition) is 4. The molecule has 0 aliphatic carbocycles. The Morgan fingerprint density at radius 3 is 2.42 bits per heavy atom. The van der Waals surface area contributed by atoms with Gasteiger partial charge >= 0.3 is 0 Å². The molecule has 1 aromatic rings. The summed E-state index contributed by atoms with van der Waals surface area (Å²) >= 11 is 0. The predicted molar refractivity (Wildman–Crippen MR) is 92.8 cm³/mol. The average molecular weight is 336 g/mol. The van der Waals surface area contributed by atoms with Crippen molar-refractivity contribution in [2.75, 3.05) is 13.2 Å². The molecule has 1 unspecified atom stereocenters. The van der Waals surface area contributed by atoms with E-state index in [-0.39, 0.29) is 18.4 Å². The van der Waals surface area contributed by atoms with Crippen LogP contribution in [0.1, 0.15) is 39.7 Å². The molecule has 0 aliphatic heterocycles. The molecule has 0 saturated heterocycles. The van der Waals surface area contributed by atoms with Crippen molar-refractivity contribution in [3.63, 3.8) is 0 Å². The van der Waals surface area contributed by atoms with Gasteiger partial charge in [0.05, 0.1) is 5.60 Å². The van der Waals surface area contributed by atoms with Crippen molar-refractivity contribution >= 4 is 11.8 Å². The van der Waals surface area contributed by atoms with E-state index in [2.05, 4.69) is 10.6 Å². The first-order valence-electron chi connectivity index (χ1n) is 8.22. The number of benzene rings is 1. The molecule has 0 aromatic heterocycles. The highest BCUT2D eigenvalue weighted by Gasteiger charge is 2.15. The number of hydrogen-bond donors (Lipinski definition) is 3. The van der Waals surface area contributed by atoms with Gasteiger partial charge in [0.1, 0.15) is 11.8 Å². The highest BCUT2D eigenvalue weighted by Crippen LogP contribution is 2.16. The van der Waals surface area contributed by atoms with Crippen molar-refractivity contribution in [3.05, 3.63) is 29.8 Å². The number of carbonyl (C=O) groups excluding carboxylic acids is 2. The predicted octanol–water partition coefficient (Wildman–Crippen LogP) is 1.41. The first-order chi connectivity index (χ1) is 11.2. The van der Waals surface area contributed by atoms with Crippen molar-refractivity contribution in [3.8, 4) is 5.75 Å². The number of carbonyl (C=O) groups is 2. The van der Waals surface area contributed by atoms with Crippen LogP contribution in [-0.2, 0) is 16.0 Å². The molecule has 0 aliphatic rings. The average Bonchev–Trinajstić information content (AvgIpc) is 2.51. The molecular weight excluding hydrogens is 308 g/mol. The van der Waals surface area contributed by atoms with Gasteiger partial charge in [-0.05, 0) is 58.2 Å². The second kappa shape index (κ2) is 9.27. The van der Waals surface area contributed by atoms with Gasteiger partial charge in [0.25, 0.3) is 5.91 Å². The lowest BCUT2D eigenvalue weighted by Crippen LogP contribution is -2.46. The third-order valence-electron chi connectivity index (χ3n) is 3.44. The SMILES string of the molecule is CCNC(=O)C(C)NC(=O)COc1ccc(CCC(C)(C)O)cc1. The maximum atomic E-state index is 11.8. The number of rotatable bonds is 9. The van der Waals surface area contributed by atoms with Crippen LogP contribution < -0.4 is 15.4 Å². The van der Waals surface area contributed by atoms with E-state index in [1.807, 2.05) is 19.1 Å². The summed E-state index contributed by atoms with van der Waals surface area (Å²) in [5, 5.41) is 14.9. The fraction of sp³-hybridized carbons (Fsp3) is 0.556. The lowest BCUT2D eigenvalue weighted by Gasteiger charge is -2.16. The third-order valence-corrected chi connectivity index (χ3v) is 3.44. The van der Waals surface area contributed by atoms with E-state index >= 15 is 0 Å². The van der Waals surface area contributed by atoms with Gasteiger partial charge in [-0.1, -0.05) is 12.1 Å². The molecule has 24 heavy (non-hydrogen) atoms. The summed E-state index contributed by atoms with van der Waals surface area (Å²) in [6.45, 7) is 7.39. The Kier molecular flexibility index (Phi) is 7.71. The summed E-state index contributed by atoms with van der Waals surface area (Å²) in [5.74, 6) is 0.0182. The molecule has 0 bridgehead atoms. The minimum atomic E-state index is -0.686. The van der Waals surface area contributed by atoms with Crippen LogP contribution in [0.3, 0.4) is 0 Å². The molecule has 0 radical (unpaired) electrons. The summed E-state index contributed by atoms with van der Waals surface area (Å²) in [6.07, 6.45) is 1.45. The number of aliphatic hydroxyl groups is 1. The number of ether oxygens (including phenoxy) is 1. The minimum Gasteiger partial charge on any atom is -0.484 e.